The average Bonchev–Trinajstić information content (AvgIpc) is 2.45. The number of amides is 2. The number of hydrogen-bond donors (Lipinski definition) is 0. The molecule has 1 saturated heterocycles. The van der Waals surface area contributed by atoms with Gasteiger partial charge in [0.1, 0.15) is 6.04 Å². The summed E-state index contributed by atoms with van der Waals surface area (Å²) in [5, 5.41) is 0.882. The van der Waals surface area contributed by atoms with Crippen molar-refractivity contribution in [1.29, 1.82) is 0 Å². The third-order valence-electron chi connectivity index (χ3n) is 3.65. The standard InChI is InChI=1S/C15H18Cl2N2O2/c1-3-7-18-9-13(20)19(10(2)15(18)21)8-11-5-4-6-12(16)14(11)17/h4-6,10H,3,7-9H2,1-2H3/t10-/m0/s1. The molecule has 0 aromatic heterocycles. The Morgan fingerprint density at radius 1 is 1.29 bits per heavy atom. The van der Waals surface area contributed by atoms with Crippen molar-refractivity contribution < 1.29 is 9.59 Å². The number of carbonyl (C=O) groups is 2. The second-order valence-corrected chi connectivity index (χ2v) is 5.96. The highest BCUT2D eigenvalue weighted by atomic mass is 35.5. The Hall–Kier alpha value is -1.26. The molecule has 2 amide bonds. The highest BCUT2D eigenvalue weighted by Gasteiger charge is 2.36. The molecule has 0 radical (unpaired) electrons. The van der Waals surface area contributed by atoms with Gasteiger partial charge in [-0.2, -0.15) is 0 Å². The lowest BCUT2D eigenvalue weighted by atomic mass is 10.1. The van der Waals surface area contributed by atoms with Crippen molar-refractivity contribution in [3.05, 3.63) is 33.8 Å². The van der Waals surface area contributed by atoms with Crippen molar-refractivity contribution in [3.8, 4) is 0 Å². The first-order valence-electron chi connectivity index (χ1n) is 6.96. The summed E-state index contributed by atoms with van der Waals surface area (Å²) >= 11 is 12.1. The van der Waals surface area contributed by atoms with E-state index in [-0.39, 0.29) is 18.4 Å². The third-order valence-corrected chi connectivity index (χ3v) is 4.51. The number of benzene rings is 1. The Morgan fingerprint density at radius 2 is 2.00 bits per heavy atom. The van der Waals surface area contributed by atoms with Crippen molar-refractivity contribution in [2.75, 3.05) is 13.1 Å². The summed E-state index contributed by atoms with van der Waals surface area (Å²) in [6, 6.07) is 4.82. The normalized spacial score (nSPS) is 19.3. The van der Waals surface area contributed by atoms with Crippen LogP contribution in [0, 0.1) is 0 Å². The Bertz CT molecular complexity index is 563. The van der Waals surface area contributed by atoms with Gasteiger partial charge in [-0.3, -0.25) is 9.59 Å². The molecule has 0 unspecified atom stereocenters. The highest BCUT2D eigenvalue weighted by molar-refractivity contribution is 6.42. The zero-order chi connectivity index (χ0) is 15.6. The molecule has 1 heterocycles. The lowest BCUT2D eigenvalue weighted by molar-refractivity contribution is -0.155. The first-order valence-corrected chi connectivity index (χ1v) is 7.72. The predicted octanol–water partition coefficient (Wildman–Crippen LogP) is 2.96. The molecule has 0 N–H and O–H groups in total. The van der Waals surface area contributed by atoms with E-state index >= 15 is 0 Å². The van der Waals surface area contributed by atoms with Gasteiger partial charge in [-0.25, -0.2) is 0 Å². The van der Waals surface area contributed by atoms with Crippen molar-refractivity contribution in [2.45, 2.75) is 32.9 Å². The second kappa shape index (κ2) is 6.67. The number of piperazine rings is 1. The van der Waals surface area contributed by atoms with Crippen molar-refractivity contribution in [3.63, 3.8) is 0 Å². The quantitative estimate of drug-likeness (QED) is 0.852. The minimum Gasteiger partial charge on any atom is -0.332 e. The maximum atomic E-state index is 12.3. The molecule has 1 aromatic rings. The van der Waals surface area contributed by atoms with Gasteiger partial charge in [-0.15, -0.1) is 0 Å². The topological polar surface area (TPSA) is 40.6 Å². The molecule has 0 aliphatic carbocycles. The summed E-state index contributed by atoms with van der Waals surface area (Å²) in [7, 11) is 0. The van der Waals surface area contributed by atoms with Gasteiger partial charge in [-0.1, -0.05) is 42.3 Å². The zero-order valence-corrected chi connectivity index (χ0v) is 13.6. The van der Waals surface area contributed by atoms with Gasteiger partial charge < -0.3 is 9.80 Å². The highest BCUT2D eigenvalue weighted by Crippen LogP contribution is 2.27. The van der Waals surface area contributed by atoms with Crippen LogP contribution in [-0.2, 0) is 16.1 Å². The maximum absolute atomic E-state index is 12.3. The van der Waals surface area contributed by atoms with E-state index < -0.39 is 6.04 Å². The van der Waals surface area contributed by atoms with Crippen LogP contribution < -0.4 is 0 Å². The molecule has 114 valence electrons. The predicted molar refractivity (Wildman–Crippen MR) is 83.3 cm³/mol. The van der Waals surface area contributed by atoms with Crippen LogP contribution >= 0.6 is 23.2 Å². The van der Waals surface area contributed by atoms with Crippen LogP contribution in [0.15, 0.2) is 18.2 Å². The van der Waals surface area contributed by atoms with Gasteiger partial charge >= 0.3 is 0 Å². The SMILES string of the molecule is CCCN1CC(=O)N(Cc2cccc(Cl)c2Cl)[C@@H](C)C1=O. The van der Waals surface area contributed by atoms with E-state index in [2.05, 4.69) is 0 Å². The smallest absolute Gasteiger partial charge is 0.245 e. The van der Waals surface area contributed by atoms with E-state index in [1.807, 2.05) is 13.0 Å². The van der Waals surface area contributed by atoms with E-state index in [1.54, 1.807) is 28.9 Å². The van der Waals surface area contributed by atoms with Crippen LogP contribution in [-0.4, -0.2) is 40.7 Å². The Labute approximate surface area is 134 Å². The monoisotopic (exact) mass is 328 g/mol. The number of carbonyl (C=O) groups excluding carboxylic acids is 2. The van der Waals surface area contributed by atoms with Gasteiger partial charge in [0.15, 0.2) is 0 Å². The summed E-state index contributed by atoms with van der Waals surface area (Å²) in [5.41, 5.74) is 0.751. The van der Waals surface area contributed by atoms with Gasteiger partial charge in [0.2, 0.25) is 11.8 Å². The molecule has 1 atom stereocenters. The zero-order valence-electron chi connectivity index (χ0n) is 12.1. The van der Waals surface area contributed by atoms with E-state index in [9.17, 15) is 9.59 Å². The van der Waals surface area contributed by atoms with E-state index in [4.69, 9.17) is 23.2 Å². The van der Waals surface area contributed by atoms with Crippen LogP contribution in [0.2, 0.25) is 10.0 Å². The molecule has 1 aliphatic rings. The second-order valence-electron chi connectivity index (χ2n) is 5.17. The van der Waals surface area contributed by atoms with E-state index in [0.717, 1.165) is 12.0 Å². The van der Waals surface area contributed by atoms with Gasteiger partial charge in [-0.05, 0) is 25.0 Å². The fourth-order valence-electron chi connectivity index (χ4n) is 2.48. The molecule has 0 saturated carbocycles. The summed E-state index contributed by atoms with van der Waals surface area (Å²) in [4.78, 5) is 27.8. The van der Waals surface area contributed by atoms with Crippen LogP contribution in [0.4, 0.5) is 0 Å². The summed E-state index contributed by atoms with van der Waals surface area (Å²) in [6.07, 6.45) is 0.839. The van der Waals surface area contributed by atoms with Crippen molar-refractivity contribution >= 4 is 35.0 Å². The van der Waals surface area contributed by atoms with Gasteiger partial charge in [0, 0.05) is 13.1 Å². The number of hydrogen-bond acceptors (Lipinski definition) is 2. The van der Waals surface area contributed by atoms with Gasteiger partial charge in [0.05, 0.1) is 16.6 Å². The molecule has 1 aromatic carbocycles. The summed E-state index contributed by atoms with van der Waals surface area (Å²) in [6.45, 7) is 4.78. The molecule has 6 heteroatoms. The van der Waals surface area contributed by atoms with Crippen LogP contribution in [0.3, 0.4) is 0 Å². The van der Waals surface area contributed by atoms with Crippen molar-refractivity contribution in [2.24, 2.45) is 0 Å². The fourth-order valence-corrected chi connectivity index (χ4v) is 2.86. The van der Waals surface area contributed by atoms with Crippen LogP contribution in [0.25, 0.3) is 0 Å². The van der Waals surface area contributed by atoms with Crippen LogP contribution in [0.5, 0.6) is 0 Å². The van der Waals surface area contributed by atoms with Gasteiger partial charge in [0.25, 0.3) is 0 Å². The minimum absolute atomic E-state index is 0.0189. The Balaban J connectivity index is 2.19. The summed E-state index contributed by atoms with van der Waals surface area (Å²) in [5.74, 6) is -0.0822. The Morgan fingerprint density at radius 3 is 2.67 bits per heavy atom. The molecule has 1 fully saturated rings. The molecule has 1 aliphatic heterocycles. The van der Waals surface area contributed by atoms with Crippen LogP contribution in [0.1, 0.15) is 25.8 Å². The fraction of sp³-hybridized carbons (Fsp3) is 0.467. The molecule has 2 rings (SSSR count). The lowest BCUT2D eigenvalue weighted by Crippen LogP contribution is -2.58. The maximum Gasteiger partial charge on any atom is 0.245 e. The lowest BCUT2D eigenvalue weighted by Gasteiger charge is -2.38. The first kappa shape index (κ1) is 16.1. The van der Waals surface area contributed by atoms with Crippen molar-refractivity contribution in [1.82, 2.24) is 9.80 Å². The Kier molecular flexibility index (Phi) is 5.12. The number of rotatable bonds is 4. The molecular weight excluding hydrogens is 311 g/mol. The van der Waals surface area contributed by atoms with E-state index in [1.165, 1.54) is 0 Å². The largest absolute Gasteiger partial charge is 0.332 e. The average molecular weight is 329 g/mol. The summed E-state index contributed by atoms with van der Waals surface area (Å²) < 4.78 is 0. The molecule has 0 spiro atoms. The number of halogens is 2. The first-order chi connectivity index (χ1) is 9.95. The van der Waals surface area contributed by atoms with E-state index in [0.29, 0.717) is 23.1 Å². The molecule has 4 nitrogen and oxygen atoms in total. The molecule has 21 heavy (non-hydrogen) atoms. The third kappa shape index (κ3) is 3.33. The minimum atomic E-state index is -0.479. The number of nitrogens with zero attached hydrogens (tertiary/aromatic N) is 2. The molecular formula is C15H18Cl2N2O2. The molecule has 0 bridgehead atoms.